The number of aromatic nitrogens is 2. The van der Waals surface area contributed by atoms with Crippen LogP contribution in [0.5, 0.6) is 0 Å². The molecule has 4 rings (SSSR count). The lowest BCUT2D eigenvalue weighted by molar-refractivity contribution is -0.00944. The molecule has 190 valence electrons. The van der Waals surface area contributed by atoms with Gasteiger partial charge in [0.05, 0.1) is 27.5 Å². The molecule has 0 aliphatic heterocycles. The zero-order chi connectivity index (χ0) is 26.2. The van der Waals surface area contributed by atoms with Crippen LogP contribution >= 0.6 is 11.6 Å². The van der Waals surface area contributed by atoms with E-state index in [9.17, 15) is 18.8 Å². The Balaban J connectivity index is 1.63. The van der Waals surface area contributed by atoms with E-state index in [1.165, 1.54) is 4.57 Å². The second-order valence-electron chi connectivity index (χ2n) is 9.82. The van der Waals surface area contributed by atoms with Gasteiger partial charge in [0.1, 0.15) is 23.3 Å². The molecule has 1 N–H and O–H groups in total. The van der Waals surface area contributed by atoms with Crippen molar-refractivity contribution in [1.29, 1.82) is 0 Å². The van der Waals surface area contributed by atoms with Gasteiger partial charge in [0.25, 0.3) is 5.56 Å². The smallest absolute Gasteiger partial charge is 0.408 e. The molecule has 1 aromatic heterocycles. The number of carbonyl (C=O) groups excluding carboxylic acids is 2. The predicted octanol–water partition coefficient (Wildman–Crippen LogP) is 5.34. The van der Waals surface area contributed by atoms with Gasteiger partial charge in [-0.25, -0.2) is 19.0 Å². The van der Waals surface area contributed by atoms with Crippen LogP contribution in [0.2, 0.25) is 5.02 Å². The molecular weight excluding hydrogens is 489 g/mol. The summed E-state index contributed by atoms with van der Waals surface area (Å²) >= 11 is 6.20. The molecule has 1 amide bonds. The van der Waals surface area contributed by atoms with Gasteiger partial charge < -0.3 is 14.8 Å². The second kappa shape index (κ2) is 9.89. The summed E-state index contributed by atoms with van der Waals surface area (Å²) in [5.74, 6) is -0.865. The van der Waals surface area contributed by atoms with Crippen LogP contribution in [0.3, 0.4) is 0 Å². The third-order valence-corrected chi connectivity index (χ3v) is 6.08. The van der Waals surface area contributed by atoms with Crippen molar-refractivity contribution in [3.05, 3.63) is 75.0 Å². The highest BCUT2D eigenvalue weighted by Crippen LogP contribution is 2.36. The lowest BCUT2D eigenvalue weighted by atomic mass is 9.88. The molecular formula is C26H27ClFN3O5. The monoisotopic (exact) mass is 515 g/mol. The Bertz CT molecular complexity index is 1360. The summed E-state index contributed by atoms with van der Waals surface area (Å²) in [5, 5.41) is 2.71. The fourth-order valence-corrected chi connectivity index (χ4v) is 4.34. The minimum absolute atomic E-state index is 0.0109. The van der Waals surface area contributed by atoms with E-state index in [2.05, 4.69) is 10.3 Å². The molecule has 1 heterocycles. The van der Waals surface area contributed by atoms with E-state index in [1.54, 1.807) is 58.0 Å². The molecule has 1 fully saturated rings. The Labute approximate surface area is 212 Å². The van der Waals surface area contributed by atoms with Gasteiger partial charge >= 0.3 is 12.1 Å². The van der Waals surface area contributed by atoms with Crippen molar-refractivity contribution in [2.75, 3.05) is 0 Å². The molecule has 0 bridgehead atoms. The lowest BCUT2D eigenvalue weighted by Crippen LogP contribution is -2.43. The number of rotatable bonds is 5. The molecule has 36 heavy (non-hydrogen) atoms. The van der Waals surface area contributed by atoms with Crippen molar-refractivity contribution in [2.24, 2.45) is 0 Å². The van der Waals surface area contributed by atoms with E-state index in [0.29, 0.717) is 18.4 Å². The normalized spacial score (nSPS) is 18.3. The fourth-order valence-electron chi connectivity index (χ4n) is 4.09. The highest BCUT2D eigenvalue weighted by atomic mass is 35.5. The number of carbonyl (C=O) groups is 2. The van der Waals surface area contributed by atoms with Gasteiger partial charge in [-0.1, -0.05) is 29.8 Å². The van der Waals surface area contributed by atoms with Crippen molar-refractivity contribution in [3.8, 4) is 0 Å². The first-order valence-corrected chi connectivity index (χ1v) is 12.0. The summed E-state index contributed by atoms with van der Waals surface area (Å²) in [7, 11) is 0. The van der Waals surface area contributed by atoms with Gasteiger partial charge in [0.2, 0.25) is 0 Å². The Morgan fingerprint density at radius 1 is 1.19 bits per heavy atom. The first kappa shape index (κ1) is 25.6. The van der Waals surface area contributed by atoms with E-state index in [-0.39, 0.29) is 27.8 Å². The van der Waals surface area contributed by atoms with Gasteiger partial charge in [-0.05, 0) is 52.0 Å². The summed E-state index contributed by atoms with van der Waals surface area (Å²) < 4.78 is 26.4. The van der Waals surface area contributed by atoms with Crippen molar-refractivity contribution >= 4 is 34.6 Å². The van der Waals surface area contributed by atoms with Crippen molar-refractivity contribution in [2.45, 2.75) is 64.3 Å². The largest absolute Gasteiger partial charge is 0.459 e. The zero-order valence-corrected chi connectivity index (χ0v) is 21.1. The number of amides is 1. The van der Waals surface area contributed by atoms with Crippen molar-refractivity contribution in [3.63, 3.8) is 0 Å². The number of hydrogen-bond donors (Lipinski definition) is 1. The number of nitrogens with one attached hydrogen (secondary N) is 1. The number of hydrogen-bond acceptors (Lipinski definition) is 6. The van der Waals surface area contributed by atoms with Crippen LogP contribution < -0.4 is 10.9 Å². The number of esters is 1. The maximum Gasteiger partial charge on any atom is 0.408 e. The van der Waals surface area contributed by atoms with Gasteiger partial charge in [0.15, 0.2) is 0 Å². The average molecular weight is 516 g/mol. The molecule has 8 nitrogen and oxygen atoms in total. The average Bonchev–Trinajstić information content (AvgIpc) is 2.76. The van der Waals surface area contributed by atoms with Gasteiger partial charge in [0, 0.05) is 18.9 Å². The van der Waals surface area contributed by atoms with E-state index in [0.717, 1.165) is 12.1 Å². The first-order chi connectivity index (χ1) is 16.9. The Hall–Kier alpha value is -3.46. The quantitative estimate of drug-likeness (QED) is 0.461. The van der Waals surface area contributed by atoms with Crippen LogP contribution in [0, 0.1) is 5.82 Å². The molecule has 0 saturated heterocycles. The Morgan fingerprint density at radius 2 is 1.86 bits per heavy atom. The molecule has 1 aliphatic rings. The summed E-state index contributed by atoms with van der Waals surface area (Å²) in [6, 6.07) is 9.69. The summed E-state index contributed by atoms with van der Waals surface area (Å²) in [4.78, 5) is 42.8. The van der Waals surface area contributed by atoms with Crippen LogP contribution in [0.1, 0.15) is 68.8 Å². The molecule has 1 aliphatic carbocycles. The number of nitrogens with zero attached hydrogens (tertiary/aromatic N) is 2. The van der Waals surface area contributed by atoms with Crippen LogP contribution in [0.25, 0.3) is 10.9 Å². The van der Waals surface area contributed by atoms with Crippen LogP contribution in [-0.4, -0.2) is 33.3 Å². The zero-order valence-electron chi connectivity index (χ0n) is 20.4. The maximum atomic E-state index is 14.1. The van der Waals surface area contributed by atoms with Crippen molar-refractivity contribution < 1.29 is 23.5 Å². The molecule has 1 atom stereocenters. The van der Waals surface area contributed by atoms with Gasteiger partial charge in [-0.15, -0.1) is 0 Å². The third kappa shape index (κ3) is 5.51. The van der Waals surface area contributed by atoms with Crippen LogP contribution in [0.4, 0.5) is 9.18 Å². The van der Waals surface area contributed by atoms with Crippen LogP contribution in [-0.2, 0) is 9.47 Å². The maximum absolute atomic E-state index is 14.1. The van der Waals surface area contributed by atoms with Gasteiger partial charge in [-0.3, -0.25) is 9.36 Å². The second-order valence-corrected chi connectivity index (χ2v) is 10.2. The third-order valence-electron chi connectivity index (χ3n) is 5.79. The van der Waals surface area contributed by atoms with Crippen molar-refractivity contribution in [1.82, 2.24) is 14.9 Å². The minimum atomic E-state index is -0.732. The van der Waals surface area contributed by atoms with E-state index < -0.39 is 41.2 Å². The Morgan fingerprint density at radius 3 is 2.50 bits per heavy atom. The van der Waals surface area contributed by atoms with Crippen LogP contribution in [0.15, 0.2) is 47.3 Å². The highest BCUT2D eigenvalue weighted by molar-refractivity contribution is 6.35. The number of halogens is 2. The summed E-state index contributed by atoms with van der Waals surface area (Å²) in [5.41, 5.74) is -0.637. The molecule has 0 spiro atoms. The molecule has 1 saturated carbocycles. The van der Waals surface area contributed by atoms with E-state index in [1.807, 2.05) is 0 Å². The highest BCUT2D eigenvalue weighted by Gasteiger charge is 2.37. The number of fused-ring (bicyclic) bond motifs is 1. The minimum Gasteiger partial charge on any atom is -0.459 e. The Kier molecular flexibility index (Phi) is 7.04. The fraction of sp³-hybridized carbons (Fsp3) is 0.385. The molecule has 0 radical (unpaired) electrons. The standard InChI is InChI=1S/C26H27ClFN3O5/c1-14(29-25(34)36-26(2,3)4)22-30-21-19(10-16(28)11-20(21)27)23(32)31(22)17-12-18(13-17)35-24(33)15-8-6-5-7-9-15/h5-11,14,17-18H,12-13H2,1-4H3,(H,29,34)/t14-,17?,18?/m0/s1. The summed E-state index contributed by atoms with van der Waals surface area (Å²) in [6.07, 6.45) is -0.352. The molecule has 0 unspecified atom stereocenters. The molecule has 2 aromatic carbocycles. The molecule has 10 heteroatoms. The van der Waals surface area contributed by atoms with E-state index in [4.69, 9.17) is 21.1 Å². The first-order valence-electron chi connectivity index (χ1n) is 11.6. The number of ether oxygens (including phenoxy) is 2. The number of benzene rings is 2. The van der Waals surface area contributed by atoms with Gasteiger partial charge in [-0.2, -0.15) is 0 Å². The summed E-state index contributed by atoms with van der Waals surface area (Å²) in [6.45, 7) is 6.88. The SMILES string of the molecule is C[C@H](NC(=O)OC(C)(C)C)c1nc2c(Cl)cc(F)cc2c(=O)n1C1CC(OC(=O)c2ccccc2)C1. The lowest BCUT2D eigenvalue weighted by Gasteiger charge is -2.37. The van der Waals surface area contributed by atoms with E-state index >= 15 is 0 Å². The number of alkyl carbamates (subject to hydrolysis) is 1. The predicted molar refractivity (Wildman–Crippen MR) is 133 cm³/mol. The topological polar surface area (TPSA) is 99.5 Å². The molecule has 3 aromatic rings.